The third-order valence-electron chi connectivity index (χ3n) is 12.1. The lowest BCUT2D eigenvalue weighted by molar-refractivity contribution is 0.770. The molecule has 60 heavy (non-hydrogen) atoms. The van der Waals surface area contributed by atoms with E-state index in [4.69, 9.17) is 28.2 Å². The molecular formula is C46H60Br2Cl2N8Si2. The maximum absolute atomic E-state index is 6.07. The first-order chi connectivity index (χ1) is 28.3. The van der Waals surface area contributed by atoms with Gasteiger partial charge in [0.2, 0.25) is 0 Å². The summed E-state index contributed by atoms with van der Waals surface area (Å²) in [6.07, 6.45) is 15.3. The number of nitrogens with zero attached hydrogens (tertiary/aromatic N) is 6. The van der Waals surface area contributed by atoms with Crippen LogP contribution in [0.5, 0.6) is 0 Å². The van der Waals surface area contributed by atoms with Crippen LogP contribution in [-0.4, -0.2) is 54.8 Å². The minimum absolute atomic E-state index is 0.663. The Morgan fingerprint density at radius 2 is 0.800 bits per heavy atom. The fourth-order valence-corrected chi connectivity index (χ4v) is 24.3. The molecule has 0 saturated heterocycles. The summed E-state index contributed by atoms with van der Waals surface area (Å²) in [6.45, 7) is 28.5. The maximum atomic E-state index is 6.07. The van der Waals surface area contributed by atoms with Crippen molar-refractivity contribution in [3.05, 3.63) is 117 Å². The monoisotopic (exact) mass is 1010 g/mol. The highest BCUT2D eigenvalue weighted by atomic mass is 79.9. The van der Waals surface area contributed by atoms with E-state index in [0.717, 1.165) is 47.7 Å². The molecule has 0 amide bonds. The largest absolute Gasteiger partial charge is 0.359 e. The molecule has 2 N–H and O–H groups in total. The highest BCUT2D eigenvalue weighted by molar-refractivity contribution is 9.10. The SMILES string of the molecule is Brc1cnc2[nH]ccc2c1.CC(C)[Si](C(C)C)(C(C)C)n1ccc2cc(Br)cnc21.CC(C)[Si](C(C)C)(C(C)C)n1ccc2cc(Cl)cnc21.Clc1cnc2[nH]ccc2c1. The Morgan fingerprint density at radius 1 is 0.467 bits per heavy atom. The third-order valence-corrected chi connectivity index (χ3v) is 26.9. The highest BCUT2D eigenvalue weighted by Gasteiger charge is 2.47. The van der Waals surface area contributed by atoms with Gasteiger partial charge in [-0.1, -0.05) is 106 Å². The van der Waals surface area contributed by atoms with Crippen LogP contribution in [0.15, 0.2) is 107 Å². The van der Waals surface area contributed by atoms with Gasteiger partial charge in [-0.2, -0.15) is 0 Å². The van der Waals surface area contributed by atoms with Crippen molar-refractivity contribution in [1.29, 1.82) is 0 Å². The molecule has 0 aliphatic rings. The van der Waals surface area contributed by atoms with Gasteiger partial charge in [0, 0.05) is 67.7 Å². The van der Waals surface area contributed by atoms with E-state index in [0.29, 0.717) is 43.3 Å². The number of pyridine rings is 4. The smallest absolute Gasteiger partial charge is 0.171 e. The predicted molar refractivity (Wildman–Crippen MR) is 270 cm³/mol. The summed E-state index contributed by atoms with van der Waals surface area (Å²) < 4.78 is 7.13. The molecule has 0 saturated carbocycles. The van der Waals surface area contributed by atoms with Crippen LogP contribution in [0.1, 0.15) is 83.1 Å². The zero-order valence-electron chi connectivity index (χ0n) is 36.9. The van der Waals surface area contributed by atoms with Crippen LogP contribution in [0, 0.1) is 0 Å². The van der Waals surface area contributed by atoms with E-state index < -0.39 is 16.5 Å². The first-order valence-electron chi connectivity index (χ1n) is 20.8. The summed E-state index contributed by atoms with van der Waals surface area (Å²) >= 11 is 18.6. The average Bonchev–Trinajstić information content (AvgIpc) is 3.99. The van der Waals surface area contributed by atoms with Gasteiger partial charge in [0.15, 0.2) is 16.5 Å². The van der Waals surface area contributed by atoms with Gasteiger partial charge in [0.1, 0.15) is 22.6 Å². The second kappa shape index (κ2) is 20.3. The number of nitrogens with one attached hydrogen (secondary N) is 2. The summed E-state index contributed by atoms with van der Waals surface area (Å²) in [5.41, 5.74) is 8.10. The van der Waals surface area contributed by atoms with Crippen molar-refractivity contribution in [3.63, 3.8) is 0 Å². The molecule has 0 unspecified atom stereocenters. The van der Waals surface area contributed by atoms with Crippen molar-refractivity contribution in [2.24, 2.45) is 0 Å². The molecule has 0 bridgehead atoms. The van der Waals surface area contributed by atoms with Crippen LogP contribution in [0.4, 0.5) is 0 Å². The standard InChI is InChI=1S/C16H25BrN2Si.C16H25ClN2Si.C7H5BrN2.C7H5ClN2/c2*1-11(2)20(12(3)4,13(5)6)19-8-7-14-9-15(17)10-18-16(14)19;2*8-6-3-5-1-2-9-7(5)10-4-6/h2*7-13H,1-6H3;2*1-4H,(H,9,10). The number of fused-ring (bicyclic) bond motifs is 4. The van der Waals surface area contributed by atoms with Gasteiger partial charge in [0.05, 0.1) is 10.0 Å². The molecule has 0 atom stereocenters. The van der Waals surface area contributed by atoms with Crippen LogP contribution < -0.4 is 0 Å². The Balaban J connectivity index is 0.000000159. The number of hydrogen-bond acceptors (Lipinski definition) is 4. The van der Waals surface area contributed by atoms with Gasteiger partial charge in [0.25, 0.3) is 0 Å². The fourth-order valence-electron chi connectivity index (χ4n) is 10.1. The first-order valence-corrected chi connectivity index (χ1v) is 27.5. The van der Waals surface area contributed by atoms with E-state index >= 15 is 0 Å². The summed E-state index contributed by atoms with van der Waals surface area (Å²) in [4.78, 5) is 23.5. The predicted octanol–water partition coefficient (Wildman–Crippen LogP) is 16.1. The van der Waals surface area contributed by atoms with Crippen molar-refractivity contribution in [2.45, 2.75) is 116 Å². The lowest BCUT2D eigenvalue weighted by Gasteiger charge is -2.44. The summed E-state index contributed by atoms with van der Waals surface area (Å²) in [5.74, 6) is 0. The number of halogens is 4. The Kier molecular flexibility index (Phi) is 16.1. The first kappa shape index (κ1) is 47.8. The number of H-pyrrole nitrogens is 2. The molecular weight excluding hydrogens is 951 g/mol. The Morgan fingerprint density at radius 3 is 1.25 bits per heavy atom. The third kappa shape index (κ3) is 9.84. The van der Waals surface area contributed by atoms with E-state index in [1.807, 2.05) is 48.9 Å². The minimum Gasteiger partial charge on any atom is -0.359 e. The minimum atomic E-state index is -1.72. The van der Waals surface area contributed by atoms with Gasteiger partial charge in [-0.25, -0.2) is 19.9 Å². The van der Waals surface area contributed by atoms with E-state index in [1.165, 1.54) is 5.39 Å². The van der Waals surface area contributed by atoms with E-state index in [-0.39, 0.29) is 0 Å². The van der Waals surface area contributed by atoms with Gasteiger partial charge >= 0.3 is 0 Å². The quantitative estimate of drug-likeness (QED) is 0.148. The molecule has 0 aromatic carbocycles. The highest BCUT2D eigenvalue weighted by Crippen LogP contribution is 2.45. The van der Waals surface area contributed by atoms with Gasteiger partial charge in [-0.3, -0.25) is 0 Å². The van der Waals surface area contributed by atoms with E-state index in [1.54, 1.807) is 18.6 Å². The van der Waals surface area contributed by atoms with Crippen molar-refractivity contribution < 1.29 is 0 Å². The normalized spacial score (nSPS) is 12.2. The molecule has 0 aliphatic carbocycles. The molecule has 8 aromatic rings. The average molecular weight is 1010 g/mol. The van der Waals surface area contributed by atoms with Gasteiger partial charge in [-0.15, -0.1) is 0 Å². The number of aromatic nitrogens is 8. The second-order valence-electron chi connectivity index (χ2n) is 17.3. The Bertz CT molecular complexity index is 2400. The molecule has 8 rings (SSSR count). The second-order valence-corrected chi connectivity index (χ2v) is 31.5. The number of hydrogen-bond donors (Lipinski definition) is 2. The number of aromatic amines is 2. The lowest BCUT2D eigenvalue weighted by atomic mass is 10.3. The Hall–Kier alpha value is -3.27. The summed E-state index contributed by atoms with van der Waals surface area (Å²) in [5, 5.41) is 5.95. The van der Waals surface area contributed by atoms with E-state index in [9.17, 15) is 0 Å². The van der Waals surface area contributed by atoms with Crippen LogP contribution in [-0.2, 0) is 0 Å². The number of rotatable bonds is 8. The summed E-state index contributed by atoms with van der Waals surface area (Å²) in [7, 11) is -3.42. The maximum Gasteiger partial charge on any atom is 0.171 e. The molecule has 0 radical (unpaired) electrons. The topological polar surface area (TPSA) is 93.0 Å². The molecule has 0 aliphatic heterocycles. The van der Waals surface area contributed by atoms with Crippen molar-refractivity contribution >= 4 is 116 Å². The van der Waals surface area contributed by atoms with Crippen LogP contribution in [0.3, 0.4) is 0 Å². The zero-order valence-corrected chi connectivity index (χ0v) is 43.6. The van der Waals surface area contributed by atoms with Crippen LogP contribution in [0.25, 0.3) is 44.1 Å². The lowest BCUT2D eigenvalue weighted by Crippen LogP contribution is -2.51. The van der Waals surface area contributed by atoms with Crippen molar-refractivity contribution in [2.75, 3.05) is 0 Å². The van der Waals surface area contributed by atoms with Gasteiger partial charge in [-0.05, 0) is 126 Å². The van der Waals surface area contributed by atoms with E-state index in [2.05, 4.69) is 179 Å². The molecule has 0 fully saturated rings. The van der Waals surface area contributed by atoms with Gasteiger partial charge < -0.3 is 18.4 Å². The van der Waals surface area contributed by atoms with Crippen molar-refractivity contribution in [3.8, 4) is 0 Å². The zero-order chi connectivity index (χ0) is 44.1. The Labute approximate surface area is 384 Å². The van der Waals surface area contributed by atoms with Crippen LogP contribution in [0.2, 0.25) is 43.3 Å². The molecule has 14 heteroatoms. The molecule has 8 nitrogen and oxygen atoms in total. The van der Waals surface area contributed by atoms with Crippen molar-refractivity contribution in [1.82, 2.24) is 38.4 Å². The summed E-state index contributed by atoms with van der Waals surface area (Å²) in [6, 6.07) is 16.4. The molecule has 320 valence electrons. The molecule has 8 aromatic heterocycles. The van der Waals surface area contributed by atoms with Crippen LogP contribution >= 0.6 is 55.1 Å². The fraction of sp³-hybridized carbons (Fsp3) is 0.391. The molecule has 8 heterocycles. The molecule has 0 spiro atoms.